The van der Waals surface area contributed by atoms with Crippen LogP contribution in [-0.2, 0) is 20.0 Å². The molecule has 0 unspecified atom stereocenters. The number of alkyl halides is 2. The van der Waals surface area contributed by atoms with Crippen molar-refractivity contribution < 1.29 is 25.6 Å². The number of nitrogens with one attached hydrogen (secondary N) is 1. The molecule has 1 aliphatic heterocycles. The van der Waals surface area contributed by atoms with Gasteiger partial charge in [0, 0.05) is 30.7 Å². The number of piperidine rings is 1. The third-order valence-electron chi connectivity index (χ3n) is 6.28. The van der Waals surface area contributed by atoms with Crippen LogP contribution in [0.5, 0.6) is 0 Å². The summed E-state index contributed by atoms with van der Waals surface area (Å²) in [6.07, 6.45) is 2.32. The molecule has 0 aliphatic carbocycles. The van der Waals surface area contributed by atoms with Crippen LogP contribution in [0, 0.1) is 0 Å². The monoisotopic (exact) mass is 580 g/mol. The van der Waals surface area contributed by atoms with Crippen molar-refractivity contribution in [3.63, 3.8) is 0 Å². The van der Waals surface area contributed by atoms with E-state index in [0.717, 1.165) is 35.6 Å². The number of nitrogens with zero attached hydrogens (tertiary/aromatic N) is 7. The Hall–Kier alpha value is -3.83. The molecule has 0 bridgehead atoms. The number of hydrogen-bond donors (Lipinski definition) is 1. The fourth-order valence-corrected chi connectivity index (χ4v) is 6.27. The van der Waals surface area contributed by atoms with E-state index >= 15 is 0 Å². The highest BCUT2D eigenvalue weighted by molar-refractivity contribution is 7.89. The molecule has 17 heteroatoms. The van der Waals surface area contributed by atoms with Crippen LogP contribution in [0.1, 0.15) is 24.8 Å². The van der Waals surface area contributed by atoms with Crippen LogP contribution in [-0.4, -0.2) is 75.2 Å². The second-order valence-corrected chi connectivity index (χ2v) is 12.6. The molecule has 3 aromatic heterocycles. The highest BCUT2D eigenvalue weighted by atomic mass is 32.2. The zero-order valence-corrected chi connectivity index (χ0v) is 22.0. The highest BCUT2D eigenvalue weighted by Crippen LogP contribution is 2.25. The van der Waals surface area contributed by atoms with Crippen molar-refractivity contribution in [1.29, 1.82) is 0 Å². The van der Waals surface area contributed by atoms with Crippen LogP contribution in [0.25, 0.3) is 16.7 Å². The number of sulfonamides is 1. The Balaban J connectivity index is 1.57. The lowest BCUT2D eigenvalue weighted by molar-refractivity contribution is 0.149. The Morgan fingerprint density at radius 2 is 1.85 bits per heavy atom. The van der Waals surface area contributed by atoms with Gasteiger partial charge in [0.25, 0.3) is 22.0 Å². The lowest BCUT2D eigenvalue weighted by Gasteiger charge is -2.30. The lowest BCUT2D eigenvalue weighted by atomic mass is 10.1. The maximum absolute atomic E-state index is 13.8. The summed E-state index contributed by atoms with van der Waals surface area (Å²) in [5.74, 6) is 0.102. The van der Waals surface area contributed by atoms with Crippen molar-refractivity contribution >= 4 is 37.0 Å². The van der Waals surface area contributed by atoms with Gasteiger partial charge in [-0.2, -0.15) is 13.4 Å². The number of fused-ring (bicyclic) bond motifs is 1. The SMILES string of the molecule is CS(=O)(=O)N1CCC(Nc2ncc3cc(C(F)F)c(=O)n(-c4cccc(S(=O)(=O)n5cncn5)c4)c3n2)CC1. The van der Waals surface area contributed by atoms with Crippen LogP contribution in [0.4, 0.5) is 14.7 Å². The summed E-state index contributed by atoms with van der Waals surface area (Å²) in [6, 6.07) is 6.02. The van der Waals surface area contributed by atoms with Gasteiger partial charge in [0.05, 0.1) is 22.4 Å². The fourth-order valence-electron chi connectivity index (χ4n) is 4.31. The maximum Gasteiger partial charge on any atom is 0.284 e. The van der Waals surface area contributed by atoms with Crippen molar-refractivity contribution in [2.75, 3.05) is 24.7 Å². The molecule has 0 spiro atoms. The minimum Gasteiger partial charge on any atom is -0.351 e. The van der Waals surface area contributed by atoms with E-state index in [0.29, 0.717) is 30.0 Å². The molecule has 1 aliphatic rings. The number of halogens is 2. The van der Waals surface area contributed by atoms with E-state index in [4.69, 9.17) is 0 Å². The summed E-state index contributed by atoms with van der Waals surface area (Å²) >= 11 is 0. The van der Waals surface area contributed by atoms with E-state index in [1.54, 1.807) is 0 Å². The molecule has 5 rings (SSSR count). The van der Waals surface area contributed by atoms with Gasteiger partial charge in [-0.25, -0.2) is 31.5 Å². The Morgan fingerprint density at radius 3 is 2.49 bits per heavy atom. The quantitative estimate of drug-likeness (QED) is 0.338. The highest BCUT2D eigenvalue weighted by Gasteiger charge is 2.26. The second-order valence-electron chi connectivity index (χ2n) is 8.86. The van der Waals surface area contributed by atoms with Crippen LogP contribution >= 0.6 is 0 Å². The predicted molar refractivity (Wildman–Crippen MR) is 136 cm³/mol. The van der Waals surface area contributed by atoms with Gasteiger partial charge in [-0.1, -0.05) is 6.07 Å². The summed E-state index contributed by atoms with van der Waals surface area (Å²) < 4.78 is 79.9. The van der Waals surface area contributed by atoms with Gasteiger partial charge >= 0.3 is 0 Å². The lowest BCUT2D eigenvalue weighted by Crippen LogP contribution is -2.42. The van der Waals surface area contributed by atoms with Gasteiger partial charge in [-0.3, -0.25) is 9.36 Å². The van der Waals surface area contributed by atoms with Gasteiger partial charge < -0.3 is 5.32 Å². The van der Waals surface area contributed by atoms with Crippen LogP contribution < -0.4 is 10.9 Å². The number of pyridine rings is 1. The Labute approximate surface area is 221 Å². The Kier molecular flexibility index (Phi) is 6.90. The van der Waals surface area contributed by atoms with Crippen molar-refractivity contribution in [3.05, 3.63) is 65.1 Å². The summed E-state index contributed by atoms with van der Waals surface area (Å²) in [4.78, 5) is 25.2. The largest absolute Gasteiger partial charge is 0.351 e. The molecule has 0 atom stereocenters. The smallest absolute Gasteiger partial charge is 0.284 e. The van der Waals surface area contributed by atoms with E-state index in [-0.39, 0.29) is 33.6 Å². The summed E-state index contributed by atoms with van der Waals surface area (Å²) in [5, 5.41) is 6.89. The van der Waals surface area contributed by atoms with Gasteiger partial charge in [0.2, 0.25) is 16.0 Å². The number of rotatable bonds is 7. The zero-order valence-electron chi connectivity index (χ0n) is 20.3. The first-order chi connectivity index (χ1) is 18.4. The third-order valence-corrected chi connectivity index (χ3v) is 9.11. The minimum atomic E-state index is -4.17. The van der Waals surface area contributed by atoms with E-state index in [2.05, 4.69) is 25.4 Å². The molecule has 4 aromatic rings. The van der Waals surface area contributed by atoms with Gasteiger partial charge in [-0.15, -0.1) is 9.19 Å². The topological polar surface area (TPSA) is 162 Å². The van der Waals surface area contributed by atoms with Crippen molar-refractivity contribution in [3.8, 4) is 5.69 Å². The molecule has 206 valence electrons. The minimum absolute atomic E-state index is 0.0141. The average Bonchev–Trinajstić information content (AvgIpc) is 3.44. The maximum atomic E-state index is 13.8. The van der Waals surface area contributed by atoms with E-state index < -0.39 is 37.6 Å². The Bertz CT molecular complexity index is 1800. The van der Waals surface area contributed by atoms with Crippen LogP contribution in [0.15, 0.2) is 58.9 Å². The van der Waals surface area contributed by atoms with E-state index in [1.165, 1.54) is 28.7 Å². The first kappa shape index (κ1) is 26.8. The van der Waals surface area contributed by atoms with Crippen molar-refractivity contribution in [1.82, 2.24) is 33.0 Å². The van der Waals surface area contributed by atoms with Gasteiger partial charge in [0.15, 0.2) is 5.65 Å². The number of hydrogen-bond acceptors (Lipinski definition) is 10. The van der Waals surface area contributed by atoms with Gasteiger partial charge in [-0.05, 0) is 37.1 Å². The van der Waals surface area contributed by atoms with Gasteiger partial charge in [0.1, 0.15) is 12.7 Å². The number of aromatic nitrogens is 6. The van der Waals surface area contributed by atoms with Crippen LogP contribution in [0.3, 0.4) is 0 Å². The second kappa shape index (κ2) is 10.0. The molecule has 1 aromatic carbocycles. The molecular weight excluding hydrogens is 558 g/mol. The van der Waals surface area contributed by atoms with E-state index in [9.17, 15) is 30.4 Å². The first-order valence-electron chi connectivity index (χ1n) is 11.6. The molecular formula is C22H22F2N8O5S2. The Morgan fingerprint density at radius 1 is 1.10 bits per heavy atom. The summed E-state index contributed by atoms with van der Waals surface area (Å²) in [6.45, 7) is 0.610. The number of anilines is 1. The normalized spacial score (nSPS) is 15.7. The summed E-state index contributed by atoms with van der Waals surface area (Å²) in [7, 11) is -7.48. The molecule has 4 heterocycles. The van der Waals surface area contributed by atoms with Crippen LogP contribution in [0.2, 0.25) is 0 Å². The molecule has 1 fully saturated rings. The zero-order chi connectivity index (χ0) is 27.9. The predicted octanol–water partition coefficient (Wildman–Crippen LogP) is 1.38. The molecule has 0 amide bonds. The average molecular weight is 581 g/mol. The number of benzene rings is 1. The molecule has 0 radical (unpaired) electrons. The molecule has 1 saturated heterocycles. The summed E-state index contributed by atoms with van der Waals surface area (Å²) in [5.41, 5.74) is -1.91. The third kappa shape index (κ3) is 5.24. The van der Waals surface area contributed by atoms with E-state index in [1.807, 2.05) is 0 Å². The standard InChI is InChI=1S/C22H22F2N8O5S2/c1-38(34,35)30-7-5-15(6-8-30)28-22-26-11-14-9-18(19(23)24)21(33)32(20(14)29-22)16-3-2-4-17(10-16)39(36,37)31-13-25-12-27-31/h2-4,9-13,15,19H,5-8H2,1H3,(H,26,28,29). The molecule has 13 nitrogen and oxygen atoms in total. The van der Waals surface area contributed by atoms with Crippen molar-refractivity contribution in [2.45, 2.75) is 30.2 Å². The first-order valence-corrected chi connectivity index (χ1v) is 14.9. The molecule has 0 saturated carbocycles. The molecule has 1 N–H and O–H groups in total. The van der Waals surface area contributed by atoms with Crippen molar-refractivity contribution in [2.24, 2.45) is 0 Å². The molecule has 39 heavy (non-hydrogen) atoms. The fraction of sp³-hybridized carbons (Fsp3) is 0.318.